The van der Waals surface area contributed by atoms with Crippen LogP contribution in [-0.4, -0.2) is 48.2 Å². The number of amides is 3. The van der Waals surface area contributed by atoms with E-state index in [0.717, 1.165) is 29.9 Å². The highest BCUT2D eigenvalue weighted by atomic mass is 16.5. The fraction of sp³-hybridized carbons (Fsp3) is 0.643. The smallest absolute Gasteiger partial charge is 0.315 e. The Kier molecular flexibility index (Phi) is 4.82. The van der Waals surface area contributed by atoms with Crippen molar-refractivity contribution in [2.75, 3.05) is 20.1 Å². The highest BCUT2D eigenvalue weighted by molar-refractivity contribution is 5.88. The lowest BCUT2D eigenvalue weighted by Gasteiger charge is -2.13. The Hall–Kier alpha value is -2.05. The van der Waals surface area contributed by atoms with Crippen LogP contribution >= 0.6 is 0 Å². The van der Waals surface area contributed by atoms with Gasteiger partial charge in [-0.1, -0.05) is 5.16 Å². The van der Waals surface area contributed by atoms with Crippen molar-refractivity contribution >= 4 is 11.9 Å². The van der Waals surface area contributed by atoms with E-state index in [1.165, 1.54) is 0 Å². The molecule has 1 aromatic heterocycles. The van der Waals surface area contributed by atoms with Gasteiger partial charge in [-0.3, -0.25) is 4.79 Å². The lowest BCUT2D eigenvalue weighted by molar-refractivity contribution is -0.128. The Bertz CT molecular complexity index is 507. The summed E-state index contributed by atoms with van der Waals surface area (Å²) >= 11 is 0. The average molecular weight is 294 g/mol. The SMILES string of the molecule is Cc1noc(C)c1CCCNC(=O)N[C@H]1CCN(C)C1=O. The summed E-state index contributed by atoms with van der Waals surface area (Å²) in [6.07, 6.45) is 2.28. The summed E-state index contributed by atoms with van der Waals surface area (Å²) in [7, 11) is 1.74. The van der Waals surface area contributed by atoms with Gasteiger partial charge in [-0.15, -0.1) is 0 Å². The van der Waals surface area contributed by atoms with Crippen molar-refractivity contribution in [3.8, 4) is 0 Å². The molecule has 7 nitrogen and oxygen atoms in total. The number of hydrogen-bond acceptors (Lipinski definition) is 4. The molecule has 0 radical (unpaired) electrons. The second-order valence-electron chi connectivity index (χ2n) is 5.41. The van der Waals surface area contributed by atoms with E-state index in [-0.39, 0.29) is 11.9 Å². The first kappa shape index (κ1) is 15.3. The molecule has 1 aliphatic heterocycles. The van der Waals surface area contributed by atoms with Crippen molar-refractivity contribution in [1.82, 2.24) is 20.7 Å². The molecule has 1 aromatic rings. The third-order valence-electron chi connectivity index (χ3n) is 3.80. The zero-order valence-electron chi connectivity index (χ0n) is 12.7. The molecule has 21 heavy (non-hydrogen) atoms. The normalized spacial score (nSPS) is 18.1. The summed E-state index contributed by atoms with van der Waals surface area (Å²) < 4.78 is 5.09. The van der Waals surface area contributed by atoms with Crippen LogP contribution in [0.25, 0.3) is 0 Å². The summed E-state index contributed by atoms with van der Waals surface area (Å²) in [5, 5.41) is 9.37. The van der Waals surface area contributed by atoms with Crippen molar-refractivity contribution < 1.29 is 14.1 Å². The molecule has 0 saturated carbocycles. The number of hydrogen-bond donors (Lipinski definition) is 2. The molecule has 0 spiro atoms. The number of nitrogens with zero attached hydrogens (tertiary/aromatic N) is 2. The molecule has 7 heteroatoms. The molecule has 0 aromatic carbocycles. The van der Waals surface area contributed by atoms with Crippen LogP contribution in [0.4, 0.5) is 4.79 Å². The Morgan fingerprint density at radius 1 is 1.48 bits per heavy atom. The highest BCUT2D eigenvalue weighted by Gasteiger charge is 2.29. The number of likely N-dealkylation sites (tertiary alicyclic amines) is 1. The van der Waals surface area contributed by atoms with Gasteiger partial charge in [0.15, 0.2) is 0 Å². The molecule has 3 amide bonds. The maximum absolute atomic E-state index is 11.7. The Labute approximate surface area is 124 Å². The number of urea groups is 1. The van der Waals surface area contributed by atoms with Crippen LogP contribution in [0.2, 0.25) is 0 Å². The molecule has 2 heterocycles. The fourth-order valence-electron chi connectivity index (χ4n) is 2.49. The number of nitrogens with one attached hydrogen (secondary N) is 2. The second-order valence-corrected chi connectivity index (χ2v) is 5.41. The predicted molar refractivity (Wildman–Crippen MR) is 76.9 cm³/mol. The summed E-state index contributed by atoms with van der Waals surface area (Å²) in [5.41, 5.74) is 2.00. The molecular weight excluding hydrogens is 272 g/mol. The molecule has 0 aliphatic carbocycles. The van der Waals surface area contributed by atoms with Gasteiger partial charge in [-0.25, -0.2) is 4.79 Å². The molecule has 1 fully saturated rings. The largest absolute Gasteiger partial charge is 0.361 e. The monoisotopic (exact) mass is 294 g/mol. The first-order valence-corrected chi connectivity index (χ1v) is 7.20. The van der Waals surface area contributed by atoms with Gasteiger partial charge in [0.25, 0.3) is 0 Å². The molecule has 1 atom stereocenters. The lowest BCUT2D eigenvalue weighted by atomic mass is 10.1. The molecule has 0 bridgehead atoms. The van der Waals surface area contributed by atoms with Gasteiger partial charge in [0.1, 0.15) is 11.8 Å². The zero-order valence-corrected chi connectivity index (χ0v) is 12.7. The van der Waals surface area contributed by atoms with Gasteiger partial charge in [-0.2, -0.15) is 0 Å². The summed E-state index contributed by atoms with van der Waals surface area (Å²) in [6.45, 7) is 5.04. The van der Waals surface area contributed by atoms with Gasteiger partial charge in [0, 0.05) is 25.7 Å². The van der Waals surface area contributed by atoms with E-state index in [2.05, 4.69) is 15.8 Å². The summed E-state index contributed by atoms with van der Waals surface area (Å²) in [6, 6.07) is -0.681. The average Bonchev–Trinajstić information content (AvgIpc) is 2.93. The Morgan fingerprint density at radius 3 is 2.81 bits per heavy atom. The molecular formula is C14H22N4O3. The van der Waals surface area contributed by atoms with Crippen LogP contribution in [-0.2, 0) is 11.2 Å². The van der Waals surface area contributed by atoms with E-state index in [0.29, 0.717) is 19.5 Å². The Balaban J connectivity index is 1.67. The number of aryl methyl sites for hydroxylation is 2. The quantitative estimate of drug-likeness (QED) is 0.785. The van der Waals surface area contributed by atoms with E-state index in [4.69, 9.17) is 4.52 Å². The van der Waals surface area contributed by atoms with E-state index >= 15 is 0 Å². The predicted octanol–water partition coefficient (Wildman–Crippen LogP) is 0.754. The van der Waals surface area contributed by atoms with Crippen LogP contribution in [0.3, 0.4) is 0 Å². The van der Waals surface area contributed by atoms with E-state index in [9.17, 15) is 9.59 Å². The second kappa shape index (κ2) is 6.60. The van der Waals surface area contributed by atoms with E-state index < -0.39 is 6.04 Å². The maximum Gasteiger partial charge on any atom is 0.315 e. The minimum absolute atomic E-state index is 0.0270. The van der Waals surface area contributed by atoms with Crippen molar-refractivity contribution in [2.45, 2.75) is 39.2 Å². The molecule has 0 unspecified atom stereocenters. The van der Waals surface area contributed by atoms with Crippen molar-refractivity contribution in [2.24, 2.45) is 0 Å². The van der Waals surface area contributed by atoms with Crippen molar-refractivity contribution in [3.63, 3.8) is 0 Å². The number of rotatable bonds is 5. The number of aromatic nitrogens is 1. The first-order valence-electron chi connectivity index (χ1n) is 7.20. The molecule has 1 aliphatic rings. The third-order valence-corrected chi connectivity index (χ3v) is 3.80. The van der Waals surface area contributed by atoms with Gasteiger partial charge >= 0.3 is 6.03 Å². The molecule has 2 N–H and O–H groups in total. The van der Waals surface area contributed by atoms with Crippen molar-refractivity contribution in [1.29, 1.82) is 0 Å². The summed E-state index contributed by atoms with van der Waals surface area (Å²) in [5.74, 6) is 0.803. The van der Waals surface area contributed by atoms with Crippen LogP contribution in [0.1, 0.15) is 29.9 Å². The standard InChI is InChI=1S/C14H22N4O3/c1-9-11(10(2)21-17-9)5-4-7-15-14(20)16-12-6-8-18(3)13(12)19/h12H,4-8H2,1-3H3,(H2,15,16,20)/t12-/m0/s1. The molecule has 2 rings (SSSR count). The lowest BCUT2D eigenvalue weighted by Crippen LogP contribution is -2.45. The topological polar surface area (TPSA) is 87.5 Å². The number of likely N-dealkylation sites (N-methyl/N-ethyl adjacent to an activating group) is 1. The number of carbonyl (C=O) groups is 2. The fourth-order valence-corrected chi connectivity index (χ4v) is 2.49. The molecule has 1 saturated heterocycles. The van der Waals surface area contributed by atoms with Crippen LogP contribution in [0.5, 0.6) is 0 Å². The minimum Gasteiger partial charge on any atom is -0.361 e. The van der Waals surface area contributed by atoms with E-state index in [1.54, 1.807) is 11.9 Å². The number of carbonyl (C=O) groups excluding carboxylic acids is 2. The van der Waals surface area contributed by atoms with Gasteiger partial charge < -0.3 is 20.1 Å². The third kappa shape index (κ3) is 3.74. The van der Waals surface area contributed by atoms with Crippen LogP contribution < -0.4 is 10.6 Å². The maximum atomic E-state index is 11.7. The first-order chi connectivity index (χ1) is 9.99. The zero-order chi connectivity index (χ0) is 15.4. The van der Waals surface area contributed by atoms with Crippen LogP contribution in [0.15, 0.2) is 4.52 Å². The van der Waals surface area contributed by atoms with Gasteiger partial charge in [-0.05, 0) is 33.1 Å². The Morgan fingerprint density at radius 2 is 2.24 bits per heavy atom. The van der Waals surface area contributed by atoms with Gasteiger partial charge in [0.2, 0.25) is 5.91 Å². The van der Waals surface area contributed by atoms with Crippen LogP contribution in [0, 0.1) is 13.8 Å². The van der Waals surface area contributed by atoms with Gasteiger partial charge in [0.05, 0.1) is 5.69 Å². The molecule has 116 valence electrons. The summed E-state index contributed by atoms with van der Waals surface area (Å²) in [4.78, 5) is 25.0. The minimum atomic E-state index is -0.391. The van der Waals surface area contributed by atoms with E-state index in [1.807, 2.05) is 13.8 Å². The van der Waals surface area contributed by atoms with Crippen molar-refractivity contribution in [3.05, 3.63) is 17.0 Å². The highest BCUT2D eigenvalue weighted by Crippen LogP contribution is 2.13.